The van der Waals surface area contributed by atoms with Crippen LogP contribution in [0, 0.1) is 0 Å². The fraction of sp³-hybridized carbons (Fsp3) is 0.373. The van der Waals surface area contributed by atoms with Crippen molar-refractivity contribution in [1.29, 1.82) is 0 Å². The van der Waals surface area contributed by atoms with Crippen LogP contribution in [0.3, 0.4) is 0 Å². The van der Waals surface area contributed by atoms with Crippen molar-refractivity contribution in [1.82, 2.24) is 0 Å². The van der Waals surface area contributed by atoms with E-state index in [0.29, 0.717) is 5.92 Å². The van der Waals surface area contributed by atoms with E-state index in [2.05, 4.69) is 204 Å². The zero-order chi connectivity index (χ0) is 39.6. The SMILES string of the molecule is CC(C)c1cc2c3c(c1)N(c1ccc(C(C)(C)C)cc1)c1c(sc4ccc(C(C)(C)C)cc14)B3c1cc(C(C)(C)C)ccc1N2c1ccc(C(C)(C)C)cc1. The minimum absolute atomic E-state index is 0.0128. The molecule has 5 aromatic carbocycles. The zero-order valence-corrected chi connectivity index (χ0v) is 36.5. The summed E-state index contributed by atoms with van der Waals surface area (Å²) in [6.45, 7) is 32.6. The van der Waals surface area contributed by atoms with Crippen molar-refractivity contribution in [3.63, 3.8) is 0 Å². The van der Waals surface area contributed by atoms with Gasteiger partial charge in [0.1, 0.15) is 0 Å². The first kappa shape index (κ1) is 37.6. The predicted molar refractivity (Wildman–Crippen MR) is 245 cm³/mol. The maximum Gasteiger partial charge on any atom is 0.264 e. The first-order valence-corrected chi connectivity index (χ1v) is 21.1. The van der Waals surface area contributed by atoms with Gasteiger partial charge in [-0.3, -0.25) is 0 Å². The Kier molecular flexibility index (Phi) is 8.64. The molecule has 0 spiro atoms. The number of hydrogen-bond donors (Lipinski definition) is 0. The standard InChI is InChI=1S/C51H59BN2S/c1-31(2)32-27-42-45-43(28-32)54(38-23-17-34(18-24-38)49(6,7)8)46-39-29-35(50(9,10)11)20-26-44(39)55-47(46)52(45)40-30-36(51(12,13)14)19-25-41(40)53(42)37-21-15-33(16-22-37)48(3,4)5/h15-31H,1-14H3. The quantitative estimate of drug-likeness (QED) is 0.166. The van der Waals surface area contributed by atoms with Crippen molar-refractivity contribution in [3.05, 3.63) is 125 Å². The van der Waals surface area contributed by atoms with E-state index >= 15 is 0 Å². The van der Waals surface area contributed by atoms with Crippen LogP contribution in [-0.4, -0.2) is 6.71 Å². The molecule has 3 heterocycles. The highest BCUT2D eigenvalue weighted by Crippen LogP contribution is 2.50. The number of nitrogens with zero attached hydrogens (tertiary/aromatic N) is 2. The zero-order valence-electron chi connectivity index (χ0n) is 35.7. The van der Waals surface area contributed by atoms with Gasteiger partial charge in [-0.1, -0.05) is 139 Å². The predicted octanol–water partition coefficient (Wildman–Crippen LogP) is 13.3. The van der Waals surface area contributed by atoms with E-state index in [1.54, 1.807) is 0 Å². The number of benzene rings is 5. The van der Waals surface area contributed by atoms with Gasteiger partial charge in [-0.25, -0.2) is 0 Å². The van der Waals surface area contributed by atoms with Gasteiger partial charge in [-0.15, -0.1) is 11.3 Å². The molecule has 0 saturated carbocycles. The lowest BCUT2D eigenvalue weighted by Crippen LogP contribution is -2.60. The fourth-order valence-corrected chi connectivity index (χ4v) is 9.84. The molecule has 0 amide bonds. The lowest BCUT2D eigenvalue weighted by atomic mass is 9.36. The number of anilines is 6. The third kappa shape index (κ3) is 6.33. The summed E-state index contributed by atoms with van der Waals surface area (Å²) in [5.41, 5.74) is 17.4. The Balaban J connectivity index is 1.50. The van der Waals surface area contributed by atoms with Crippen LogP contribution in [0.15, 0.2) is 97.1 Å². The summed E-state index contributed by atoms with van der Waals surface area (Å²) in [4.78, 5) is 5.21. The van der Waals surface area contributed by atoms with E-state index < -0.39 is 0 Å². The monoisotopic (exact) mass is 742 g/mol. The van der Waals surface area contributed by atoms with Crippen LogP contribution < -0.4 is 25.5 Å². The number of hydrogen-bond acceptors (Lipinski definition) is 3. The van der Waals surface area contributed by atoms with E-state index in [9.17, 15) is 0 Å². The second-order valence-electron chi connectivity index (χ2n) is 20.6. The molecule has 4 heteroatoms. The smallest absolute Gasteiger partial charge is 0.264 e. The summed E-state index contributed by atoms with van der Waals surface area (Å²) in [6.07, 6.45) is 0. The van der Waals surface area contributed by atoms with Crippen LogP contribution in [0.4, 0.5) is 34.1 Å². The van der Waals surface area contributed by atoms with Crippen LogP contribution in [0.25, 0.3) is 10.1 Å². The minimum Gasteiger partial charge on any atom is -0.311 e. The van der Waals surface area contributed by atoms with Gasteiger partial charge in [-0.05, 0) is 121 Å². The molecule has 2 nitrogen and oxygen atoms in total. The Labute approximate surface area is 335 Å². The van der Waals surface area contributed by atoms with Crippen molar-refractivity contribution in [2.24, 2.45) is 0 Å². The van der Waals surface area contributed by atoms with E-state index in [0.717, 1.165) is 0 Å². The molecule has 0 unspecified atom stereocenters. The third-order valence-corrected chi connectivity index (χ3v) is 13.3. The summed E-state index contributed by atoms with van der Waals surface area (Å²) >= 11 is 1.99. The first-order valence-electron chi connectivity index (χ1n) is 20.3. The molecule has 0 atom stereocenters. The molecule has 55 heavy (non-hydrogen) atoms. The Morgan fingerprint density at radius 3 is 1.45 bits per heavy atom. The Morgan fingerprint density at radius 2 is 0.945 bits per heavy atom. The van der Waals surface area contributed by atoms with Gasteiger partial charge < -0.3 is 9.80 Å². The average Bonchev–Trinajstić information content (AvgIpc) is 3.48. The molecule has 0 saturated heterocycles. The molecule has 2 aliphatic heterocycles. The number of rotatable bonds is 3. The van der Waals surface area contributed by atoms with Crippen LogP contribution in [0.5, 0.6) is 0 Å². The molecule has 0 aliphatic carbocycles. The summed E-state index contributed by atoms with van der Waals surface area (Å²) in [5, 5.41) is 1.35. The molecule has 0 N–H and O–H groups in total. The molecule has 6 aromatic rings. The van der Waals surface area contributed by atoms with Crippen LogP contribution >= 0.6 is 11.3 Å². The maximum absolute atomic E-state index is 2.63. The van der Waals surface area contributed by atoms with Crippen molar-refractivity contribution in [2.75, 3.05) is 9.80 Å². The molecule has 2 aliphatic rings. The fourth-order valence-electron chi connectivity index (χ4n) is 8.54. The van der Waals surface area contributed by atoms with Gasteiger partial charge in [0.2, 0.25) is 0 Å². The van der Waals surface area contributed by atoms with E-state index in [-0.39, 0.29) is 28.4 Å². The van der Waals surface area contributed by atoms with Crippen molar-refractivity contribution < 1.29 is 0 Å². The van der Waals surface area contributed by atoms with E-state index in [1.807, 2.05) is 11.3 Å². The lowest BCUT2D eigenvalue weighted by molar-refractivity contribution is 0.590. The lowest BCUT2D eigenvalue weighted by Gasteiger charge is -2.44. The molecule has 282 valence electrons. The van der Waals surface area contributed by atoms with Gasteiger partial charge in [0.15, 0.2) is 0 Å². The molecule has 0 fully saturated rings. The highest BCUT2D eigenvalue weighted by atomic mass is 32.1. The number of fused-ring (bicyclic) bond motifs is 6. The van der Waals surface area contributed by atoms with Crippen LogP contribution in [0.1, 0.15) is 131 Å². The Hall–Kier alpha value is -4.28. The topological polar surface area (TPSA) is 6.48 Å². The van der Waals surface area contributed by atoms with Gasteiger partial charge in [-0.2, -0.15) is 0 Å². The Bertz CT molecular complexity index is 2440. The average molecular weight is 743 g/mol. The summed E-state index contributed by atoms with van der Waals surface area (Å²) < 4.78 is 2.78. The molecule has 8 rings (SSSR count). The van der Waals surface area contributed by atoms with Crippen LogP contribution in [0.2, 0.25) is 0 Å². The Morgan fingerprint density at radius 1 is 0.491 bits per heavy atom. The second-order valence-corrected chi connectivity index (χ2v) is 21.7. The van der Waals surface area contributed by atoms with Crippen molar-refractivity contribution in [3.8, 4) is 0 Å². The number of thiophene rings is 1. The molecule has 0 bridgehead atoms. The van der Waals surface area contributed by atoms with Crippen molar-refractivity contribution >= 4 is 78.0 Å². The summed E-state index contributed by atoms with van der Waals surface area (Å²) in [6, 6.07) is 38.4. The van der Waals surface area contributed by atoms with Crippen molar-refractivity contribution in [2.45, 2.75) is 125 Å². The normalized spacial score (nSPS) is 14.4. The van der Waals surface area contributed by atoms with E-state index in [1.165, 1.54) is 87.7 Å². The molecule has 1 aromatic heterocycles. The third-order valence-electron chi connectivity index (χ3n) is 12.1. The molecular weight excluding hydrogens is 683 g/mol. The maximum atomic E-state index is 2.63. The largest absolute Gasteiger partial charge is 0.311 e. The highest BCUT2D eigenvalue weighted by molar-refractivity contribution is 7.33. The molecule has 0 radical (unpaired) electrons. The van der Waals surface area contributed by atoms with E-state index in [4.69, 9.17) is 0 Å². The van der Waals surface area contributed by atoms with Gasteiger partial charge in [0, 0.05) is 43.3 Å². The van der Waals surface area contributed by atoms with Crippen LogP contribution in [-0.2, 0) is 21.7 Å². The van der Waals surface area contributed by atoms with Gasteiger partial charge >= 0.3 is 0 Å². The second kappa shape index (κ2) is 12.6. The van der Waals surface area contributed by atoms with Gasteiger partial charge in [0.25, 0.3) is 6.71 Å². The highest BCUT2D eigenvalue weighted by Gasteiger charge is 2.46. The minimum atomic E-state index is 0.0128. The van der Waals surface area contributed by atoms with Gasteiger partial charge in [0.05, 0.1) is 5.69 Å². The molecular formula is C51H59BN2S. The summed E-state index contributed by atoms with van der Waals surface area (Å²) in [7, 11) is 0. The summed E-state index contributed by atoms with van der Waals surface area (Å²) in [5.74, 6) is 0.355. The first-order chi connectivity index (χ1) is 25.6.